The Hall–Kier alpha value is -3.05. The minimum Gasteiger partial charge on any atom is -0.460 e. The van der Waals surface area contributed by atoms with Gasteiger partial charge in [0, 0.05) is 24.0 Å². The second-order valence-electron chi connectivity index (χ2n) is 7.45. The molecule has 1 aliphatic heterocycles. The van der Waals surface area contributed by atoms with Crippen LogP contribution in [-0.2, 0) is 29.3 Å². The first kappa shape index (κ1) is 22.2. The van der Waals surface area contributed by atoms with Crippen molar-refractivity contribution >= 4 is 15.7 Å². The Balaban J connectivity index is 1.65. The maximum Gasteiger partial charge on any atom is 0.416 e. The lowest BCUT2D eigenvalue weighted by Crippen LogP contribution is -2.18. The van der Waals surface area contributed by atoms with Crippen LogP contribution in [0, 0.1) is 0 Å². The lowest BCUT2D eigenvalue weighted by molar-refractivity contribution is -0.137. The molecule has 0 spiro atoms. The Morgan fingerprint density at radius 2 is 1.91 bits per heavy atom. The zero-order chi connectivity index (χ0) is 23.1. The number of rotatable bonds is 6. The first-order valence-corrected chi connectivity index (χ1v) is 11.3. The quantitative estimate of drug-likeness (QED) is 0.576. The number of aromatic nitrogens is 2. The van der Waals surface area contributed by atoms with Crippen LogP contribution in [0.1, 0.15) is 18.1 Å². The SMILES string of the molecule is CNS(=O)(=O)c1ccc(NCc2ccc(C(F)(F)F)cc2)c(-c2cn3c(n2)O[C@H](C)C3)c1. The van der Waals surface area contributed by atoms with Gasteiger partial charge in [-0.15, -0.1) is 0 Å². The molecule has 0 radical (unpaired) electrons. The van der Waals surface area contributed by atoms with Crippen molar-refractivity contribution in [2.45, 2.75) is 37.2 Å². The average Bonchev–Trinajstić information content (AvgIpc) is 3.29. The normalized spacial score (nSPS) is 16.0. The van der Waals surface area contributed by atoms with Gasteiger partial charge in [-0.05, 0) is 49.9 Å². The number of alkyl halides is 3. The third-order valence-electron chi connectivity index (χ3n) is 5.11. The third-order valence-corrected chi connectivity index (χ3v) is 6.52. The molecule has 0 bridgehead atoms. The Bertz CT molecular complexity index is 1210. The monoisotopic (exact) mass is 466 g/mol. The summed E-state index contributed by atoms with van der Waals surface area (Å²) in [5.41, 5.74) is 1.57. The Morgan fingerprint density at radius 3 is 2.53 bits per heavy atom. The van der Waals surface area contributed by atoms with Gasteiger partial charge < -0.3 is 10.1 Å². The highest BCUT2D eigenvalue weighted by molar-refractivity contribution is 7.89. The molecule has 0 aliphatic carbocycles. The molecule has 0 fully saturated rings. The van der Waals surface area contributed by atoms with Gasteiger partial charge in [0.15, 0.2) is 0 Å². The molecule has 2 aromatic carbocycles. The number of fused-ring (bicyclic) bond motifs is 1. The van der Waals surface area contributed by atoms with Crippen molar-refractivity contribution in [2.24, 2.45) is 0 Å². The predicted octanol–water partition coefficient (Wildman–Crippen LogP) is 3.87. The topological polar surface area (TPSA) is 85.3 Å². The summed E-state index contributed by atoms with van der Waals surface area (Å²) >= 11 is 0. The van der Waals surface area contributed by atoms with E-state index in [1.807, 2.05) is 11.5 Å². The maximum atomic E-state index is 12.8. The zero-order valence-corrected chi connectivity index (χ0v) is 18.1. The fraction of sp³-hybridized carbons (Fsp3) is 0.286. The smallest absolute Gasteiger partial charge is 0.416 e. The molecular weight excluding hydrogens is 445 g/mol. The van der Waals surface area contributed by atoms with Gasteiger partial charge in [0.1, 0.15) is 6.10 Å². The van der Waals surface area contributed by atoms with E-state index in [2.05, 4.69) is 15.0 Å². The summed E-state index contributed by atoms with van der Waals surface area (Å²) in [5.74, 6) is 0. The lowest BCUT2D eigenvalue weighted by atomic mass is 10.1. The number of nitrogens with zero attached hydrogens (tertiary/aromatic N) is 2. The van der Waals surface area contributed by atoms with Crippen LogP contribution in [0.5, 0.6) is 6.01 Å². The second-order valence-corrected chi connectivity index (χ2v) is 9.34. The average molecular weight is 466 g/mol. The van der Waals surface area contributed by atoms with Gasteiger partial charge in [-0.3, -0.25) is 4.57 Å². The minimum absolute atomic E-state index is 0.000168. The van der Waals surface area contributed by atoms with Gasteiger partial charge in [-0.1, -0.05) is 12.1 Å². The van der Waals surface area contributed by atoms with Crippen molar-refractivity contribution in [3.63, 3.8) is 0 Å². The van der Waals surface area contributed by atoms with Gasteiger partial charge in [0.25, 0.3) is 6.01 Å². The van der Waals surface area contributed by atoms with E-state index in [9.17, 15) is 21.6 Å². The van der Waals surface area contributed by atoms with Crippen LogP contribution in [0.3, 0.4) is 0 Å². The summed E-state index contributed by atoms with van der Waals surface area (Å²) in [6.45, 7) is 2.79. The summed E-state index contributed by atoms with van der Waals surface area (Å²) in [4.78, 5) is 4.54. The van der Waals surface area contributed by atoms with Crippen LogP contribution in [0.15, 0.2) is 53.6 Å². The van der Waals surface area contributed by atoms with Gasteiger partial charge >= 0.3 is 6.18 Å². The maximum absolute atomic E-state index is 12.8. The van der Waals surface area contributed by atoms with Gasteiger partial charge in [-0.2, -0.15) is 18.2 Å². The molecular formula is C21H21F3N4O3S. The number of anilines is 1. The van der Waals surface area contributed by atoms with E-state index >= 15 is 0 Å². The molecule has 3 aromatic rings. The van der Waals surface area contributed by atoms with Crippen LogP contribution >= 0.6 is 0 Å². The van der Waals surface area contributed by atoms with Crippen LogP contribution in [0.25, 0.3) is 11.3 Å². The molecule has 0 amide bonds. The van der Waals surface area contributed by atoms with Crippen molar-refractivity contribution in [1.29, 1.82) is 0 Å². The molecule has 7 nitrogen and oxygen atoms in total. The van der Waals surface area contributed by atoms with E-state index < -0.39 is 21.8 Å². The van der Waals surface area contributed by atoms with Crippen LogP contribution < -0.4 is 14.8 Å². The molecule has 0 saturated heterocycles. The van der Waals surface area contributed by atoms with Crippen LogP contribution in [0.2, 0.25) is 0 Å². The van der Waals surface area contributed by atoms with Crippen LogP contribution in [0.4, 0.5) is 18.9 Å². The fourth-order valence-corrected chi connectivity index (χ4v) is 4.19. The third kappa shape index (κ3) is 4.44. The molecule has 32 heavy (non-hydrogen) atoms. The molecule has 0 unspecified atom stereocenters. The molecule has 11 heteroatoms. The summed E-state index contributed by atoms with van der Waals surface area (Å²) in [6.07, 6.45) is -2.61. The largest absolute Gasteiger partial charge is 0.460 e. The number of hydrogen-bond donors (Lipinski definition) is 2. The van der Waals surface area contributed by atoms with E-state index in [0.29, 0.717) is 35.1 Å². The van der Waals surface area contributed by atoms with E-state index in [1.54, 1.807) is 12.3 Å². The Labute approximate surface area is 183 Å². The highest BCUT2D eigenvalue weighted by Gasteiger charge is 2.30. The first-order valence-electron chi connectivity index (χ1n) is 9.78. The second kappa shape index (κ2) is 8.14. The molecule has 4 rings (SSSR count). The Kier molecular flexibility index (Phi) is 5.63. The first-order chi connectivity index (χ1) is 15.1. The molecule has 1 atom stereocenters. The van der Waals surface area contributed by atoms with Crippen molar-refractivity contribution in [1.82, 2.24) is 14.3 Å². The number of benzene rings is 2. The summed E-state index contributed by atoms with van der Waals surface area (Å²) < 4.78 is 72.7. The van der Waals surface area contributed by atoms with E-state index in [1.165, 1.54) is 31.3 Å². The van der Waals surface area contributed by atoms with Crippen molar-refractivity contribution in [2.75, 3.05) is 12.4 Å². The highest BCUT2D eigenvalue weighted by atomic mass is 32.2. The number of ether oxygens (including phenoxy) is 1. The molecule has 170 valence electrons. The van der Waals surface area contributed by atoms with Gasteiger partial charge in [0.2, 0.25) is 10.0 Å². The van der Waals surface area contributed by atoms with Gasteiger partial charge in [-0.25, -0.2) is 13.1 Å². The predicted molar refractivity (Wildman–Crippen MR) is 113 cm³/mol. The fourth-order valence-electron chi connectivity index (χ4n) is 3.43. The van der Waals surface area contributed by atoms with E-state index in [0.717, 1.165) is 12.1 Å². The molecule has 2 heterocycles. The van der Waals surface area contributed by atoms with E-state index in [4.69, 9.17) is 4.74 Å². The zero-order valence-electron chi connectivity index (χ0n) is 17.3. The molecule has 1 aromatic heterocycles. The van der Waals surface area contributed by atoms with Crippen molar-refractivity contribution in [3.05, 3.63) is 59.8 Å². The number of imidazole rings is 1. The number of sulfonamides is 1. The molecule has 1 aliphatic rings. The number of halogens is 3. The van der Waals surface area contributed by atoms with Crippen molar-refractivity contribution in [3.8, 4) is 17.3 Å². The summed E-state index contributed by atoms with van der Waals surface area (Å²) in [5, 5.41) is 3.17. The Morgan fingerprint density at radius 1 is 1.19 bits per heavy atom. The summed E-state index contributed by atoms with van der Waals surface area (Å²) in [7, 11) is -2.36. The standard InChI is InChI=1S/C21H21F3N4O3S/c1-13-11-28-12-19(27-20(28)31-13)17-9-16(32(29,30)25-2)7-8-18(17)26-10-14-3-5-15(6-4-14)21(22,23)24/h3-9,12-13,25-26H,10-11H2,1-2H3/t13-/m1/s1. The van der Waals surface area contributed by atoms with E-state index in [-0.39, 0.29) is 17.5 Å². The van der Waals surface area contributed by atoms with Crippen molar-refractivity contribution < 1.29 is 26.3 Å². The van der Waals surface area contributed by atoms with Crippen LogP contribution in [-0.4, -0.2) is 31.1 Å². The summed E-state index contributed by atoms with van der Waals surface area (Å²) in [6, 6.07) is 9.86. The number of nitrogens with one attached hydrogen (secondary N) is 2. The minimum atomic E-state index is -4.39. The highest BCUT2D eigenvalue weighted by Crippen LogP contribution is 2.34. The lowest BCUT2D eigenvalue weighted by Gasteiger charge is -2.14. The number of hydrogen-bond acceptors (Lipinski definition) is 5. The molecule has 2 N–H and O–H groups in total. The molecule has 0 saturated carbocycles. The van der Waals surface area contributed by atoms with Gasteiger partial charge in [0.05, 0.1) is 22.7 Å².